The van der Waals surface area contributed by atoms with Gasteiger partial charge in [0.05, 0.1) is 5.60 Å². The third-order valence-electron chi connectivity index (χ3n) is 2.89. The van der Waals surface area contributed by atoms with Crippen molar-refractivity contribution in [3.63, 3.8) is 0 Å². The van der Waals surface area contributed by atoms with Crippen LogP contribution < -0.4 is 5.32 Å². The average molecular weight is 228 g/mol. The lowest BCUT2D eigenvalue weighted by molar-refractivity contribution is -0.130. The van der Waals surface area contributed by atoms with Crippen molar-refractivity contribution in [3.05, 3.63) is 0 Å². The van der Waals surface area contributed by atoms with Crippen LogP contribution in [-0.2, 0) is 4.79 Å². The molecule has 0 atom stereocenters. The molecule has 1 rings (SSSR count). The van der Waals surface area contributed by atoms with Crippen molar-refractivity contribution in [1.82, 2.24) is 10.2 Å². The van der Waals surface area contributed by atoms with Crippen molar-refractivity contribution in [2.75, 3.05) is 26.2 Å². The van der Waals surface area contributed by atoms with E-state index in [1.165, 1.54) is 0 Å². The maximum absolute atomic E-state index is 11.6. The lowest BCUT2D eigenvalue weighted by Gasteiger charge is -2.18. The Morgan fingerprint density at radius 3 is 2.50 bits per heavy atom. The molecule has 1 heterocycles. The number of hydrogen-bond donors (Lipinski definition) is 2. The molecule has 4 nitrogen and oxygen atoms in total. The summed E-state index contributed by atoms with van der Waals surface area (Å²) >= 11 is 0. The van der Waals surface area contributed by atoms with E-state index in [1.807, 2.05) is 4.90 Å². The quantitative estimate of drug-likeness (QED) is 0.660. The van der Waals surface area contributed by atoms with Gasteiger partial charge in [-0.1, -0.05) is 0 Å². The molecular formula is C12H24N2O2. The van der Waals surface area contributed by atoms with E-state index < -0.39 is 5.60 Å². The summed E-state index contributed by atoms with van der Waals surface area (Å²) in [5.74, 6) is 0.258. The van der Waals surface area contributed by atoms with E-state index in [1.54, 1.807) is 13.8 Å². The van der Waals surface area contributed by atoms with Gasteiger partial charge >= 0.3 is 0 Å². The first kappa shape index (κ1) is 13.5. The summed E-state index contributed by atoms with van der Waals surface area (Å²) in [6.45, 7) is 6.93. The maximum Gasteiger partial charge on any atom is 0.223 e. The fourth-order valence-electron chi connectivity index (χ4n) is 1.84. The van der Waals surface area contributed by atoms with Crippen LogP contribution in [0, 0.1) is 0 Å². The SMILES string of the molecule is CC(C)(O)CCNCCC(=O)N1CCCC1. The molecular weight excluding hydrogens is 204 g/mol. The predicted molar refractivity (Wildman–Crippen MR) is 64.2 cm³/mol. The summed E-state index contributed by atoms with van der Waals surface area (Å²) in [6.07, 6.45) is 3.59. The highest BCUT2D eigenvalue weighted by Gasteiger charge is 2.17. The van der Waals surface area contributed by atoms with E-state index in [9.17, 15) is 9.90 Å². The molecule has 0 aromatic carbocycles. The number of nitrogens with one attached hydrogen (secondary N) is 1. The smallest absolute Gasteiger partial charge is 0.223 e. The number of aliphatic hydroxyl groups is 1. The molecule has 0 aromatic rings. The number of hydrogen-bond acceptors (Lipinski definition) is 3. The molecule has 0 unspecified atom stereocenters. The maximum atomic E-state index is 11.6. The average Bonchev–Trinajstić information content (AvgIpc) is 2.67. The number of rotatable bonds is 6. The van der Waals surface area contributed by atoms with Crippen LogP contribution in [0.3, 0.4) is 0 Å². The summed E-state index contributed by atoms with van der Waals surface area (Å²) in [6, 6.07) is 0. The summed E-state index contributed by atoms with van der Waals surface area (Å²) in [5, 5.41) is 12.7. The summed E-state index contributed by atoms with van der Waals surface area (Å²) in [4.78, 5) is 13.6. The minimum atomic E-state index is -0.619. The number of nitrogens with zero attached hydrogens (tertiary/aromatic N) is 1. The molecule has 1 aliphatic heterocycles. The molecule has 1 aliphatic rings. The zero-order chi connectivity index (χ0) is 12.0. The van der Waals surface area contributed by atoms with Crippen LogP contribution in [0.1, 0.15) is 39.5 Å². The van der Waals surface area contributed by atoms with Crippen molar-refractivity contribution in [1.29, 1.82) is 0 Å². The molecule has 0 bridgehead atoms. The first-order valence-corrected chi connectivity index (χ1v) is 6.20. The molecule has 0 radical (unpaired) electrons. The van der Waals surface area contributed by atoms with Gasteiger partial charge in [-0.05, 0) is 39.7 Å². The van der Waals surface area contributed by atoms with Crippen molar-refractivity contribution in [2.24, 2.45) is 0 Å². The minimum absolute atomic E-state index is 0.258. The second-order valence-corrected chi connectivity index (χ2v) is 5.15. The standard InChI is InChI=1S/C12H24N2O2/c1-12(2,16)6-8-13-7-5-11(15)14-9-3-4-10-14/h13,16H,3-10H2,1-2H3. The van der Waals surface area contributed by atoms with E-state index in [0.717, 1.165) is 32.5 Å². The Balaban J connectivity index is 2.00. The van der Waals surface area contributed by atoms with Gasteiger partial charge in [0.1, 0.15) is 0 Å². The largest absolute Gasteiger partial charge is 0.390 e. The number of amides is 1. The van der Waals surface area contributed by atoms with E-state index in [4.69, 9.17) is 0 Å². The van der Waals surface area contributed by atoms with Gasteiger partial charge in [-0.25, -0.2) is 0 Å². The summed E-state index contributed by atoms with van der Waals surface area (Å²) in [7, 11) is 0. The Hall–Kier alpha value is -0.610. The van der Waals surface area contributed by atoms with Crippen LogP contribution in [-0.4, -0.2) is 47.7 Å². The normalized spacial score (nSPS) is 16.8. The van der Waals surface area contributed by atoms with Gasteiger partial charge < -0.3 is 15.3 Å². The topological polar surface area (TPSA) is 52.6 Å². The minimum Gasteiger partial charge on any atom is -0.390 e. The molecule has 2 N–H and O–H groups in total. The Labute approximate surface area is 98.0 Å². The van der Waals surface area contributed by atoms with Crippen LogP contribution >= 0.6 is 0 Å². The Kier molecular flexibility index (Phi) is 5.22. The van der Waals surface area contributed by atoms with Crippen LogP contribution in [0.5, 0.6) is 0 Å². The zero-order valence-electron chi connectivity index (χ0n) is 10.5. The van der Waals surface area contributed by atoms with Crippen molar-refractivity contribution in [3.8, 4) is 0 Å². The fraction of sp³-hybridized carbons (Fsp3) is 0.917. The molecule has 94 valence electrons. The monoisotopic (exact) mass is 228 g/mol. The first-order chi connectivity index (χ1) is 7.49. The van der Waals surface area contributed by atoms with E-state index in [2.05, 4.69) is 5.32 Å². The second kappa shape index (κ2) is 6.21. The van der Waals surface area contributed by atoms with Gasteiger partial charge in [-0.2, -0.15) is 0 Å². The van der Waals surface area contributed by atoms with Crippen LogP contribution in [0.15, 0.2) is 0 Å². The van der Waals surface area contributed by atoms with Crippen molar-refractivity contribution < 1.29 is 9.90 Å². The highest BCUT2D eigenvalue weighted by atomic mass is 16.3. The van der Waals surface area contributed by atoms with Crippen LogP contribution in [0.4, 0.5) is 0 Å². The number of likely N-dealkylation sites (tertiary alicyclic amines) is 1. The van der Waals surface area contributed by atoms with Gasteiger partial charge in [0.2, 0.25) is 5.91 Å². The molecule has 16 heavy (non-hydrogen) atoms. The van der Waals surface area contributed by atoms with Crippen molar-refractivity contribution in [2.45, 2.75) is 45.1 Å². The van der Waals surface area contributed by atoms with Gasteiger partial charge in [0.25, 0.3) is 0 Å². The Morgan fingerprint density at radius 2 is 1.94 bits per heavy atom. The van der Waals surface area contributed by atoms with Crippen molar-refractivity contribution >= 4 is 5.91 Å². The Morgan fingerprint density at radius 1 is 1.31 bits per heavy atom. The molecule has 0 saturated carbocycles. The van der Waals surface area contributed by atoms with Gasteiger partial charge in [0.15, 0.2) is 0 Å². The lowest BCUT2D eigenvalue weighted by Crippen LogP contribution is -2.32. The lowest BCUT2D eigenvalue weighted by atomic mass is 10.1. The van der Waals surface area contributed by atoms with Crippen LogP contribution in [0.25, 0.3) is 0 Å². The summed E-state index contributed by atoms with van der Waals surface area (Å²) in [5.41, 5.74) is -0.619. The van der Waals surface area contributed by atoms with E-state index in [-0.39, 0.29) is 5.91 Å². The Bertz CT molecular complexity index is 218. The first-order valence-electron chi connectivity index (χ1n) is 6.20. The molecule has 0 spiro atoms. The zero-order valence-corrected chi connectivity index (χ0v) is 10.5. The highest BCUT2D eigenvalue weighted by molar-refractivity contribution is 5.76. The van der Waals surface area contributed by atoms with Crippen LogP contribution in [0.2, 0.25) is 0 Å². The molecule has 1 fully saturated rings. The van der Waals surface area contributed by atoms with E-state index >= 15 is 0 Å². The van der Waals surface area contributed by atoms with Gasteiger partial charge in [-0.15, -0.1) is 0 Å². The van der Waals surface area contributed by atoms with Gasteiger partial charge in [-0.3, -0.25) is 4.79 Å². The number of carbonyl (C=O) groups excluding carboxylic acids is 1. The second-order valence-electron chi connectivity index (χ2n) is 5.15. The molecule has 1 saturated heterocycles. The van der Waals surface area contributed by atoms with E-state index in [0.29, 0.717) is 19.4 Å². The summed E-state index contributed by atoms with van der Waals surface area (Å²) < 4.78 is 0. The molecule has 1 amide bonds. The molecule has 0 aromatic heterocycles. The molecule has 4 heteroatoms. The predicted octanol–water partition coefficient (Wildman–Crippen LogP) is 0.749. The number of carbonyl (C=O) groups is 1. The third-order valence-corrected chi connectivity index (χ3v) is 2.89. The van der Waals surface area contributed by atoms with Gasteiger partial charge in [0, 0.05) is 26.1 Å². The molecule has 0 aliphatic carbocycles. The highest BCUT2D eigenvalue weighted by Crippen LogP contribution is 2.08. The third kappa shape index (κ3) is 5.47. The fourth-order valence-corrected chi connectivity index (χ4v) is 1.84.